The number of amides is 2. The molecule has 1 saturated heterocycles. The van der Waals surface area contributed by atoms with Crippen molar-refractivity contribution < 1.29 is 22.8 Å². The summed E-state index contributed by atoms with van der Waals surface area (Å²) in [6.45, 7) is 2.03. The first-order chi connectivity index (χ1) is 10.4. The Hall–Kier alpha value is -2.05. The van der Waals surface area contributed by atoms with E-state index in [0.29, 0.717) is 23.6 Å². The molecule has 2 amide bonds. The molecule has 1 aliphatic rings. The first-order valence-electron chi connectivity index (χ1n) is 7.10. The summed E-state index contributed by atoms with van der Waals surface area (Å²) in [5.41, 5.74) is 0.612. The highest BCUT2D eigenvalue weighted by Gasteiger charge is 2.48. The number of likely N-dealkylation sites (N-methyl/N-ethyl adjacent to an activating group) is 1. The summed E-state index contributed by atoms with van der Waals surface area (Å²) in [7, 11) is 0. The Morgan fingerprint density at radius 2 is 1.91 bits per heavy atom. The third-order valence-corrected chi connectivity index (χ3v) is 3.69. The van der Waals surface area contributed by atoms with Crippen molar-refractivity contribution in [3.63, 3.8) is 0 Å². The van der Waals surface area contributed by atoms with Crippen LogP contribution in [-0.4, -0.2) is 42.0 Å². The van der Waals surface area contributed by atoms with Gasteiger partial charge in [0.05, 0.1) is 0 Å². The Morgan fingerprint density at radius 3 is 2.45 bits per heavy atom. The van der Waals surface area contributed by atoms with Gasteiger partial charge in [-0.25, -0.2) is 0 Å². The molecule has 1 aromatic carbocycles. The van der Waals surface area contributed by atoms with Gasteiger partial charge in [0.15, 0.2) is 0 Å². The average molecular weight is 314 g/mol. The van der Waals surface area contributed by atoms with E-state index < -0.39 is 24.0 Å². The Labute approximate surface area is 126 Å². The molecular formula is C15H17F3N2O2. The standard InChI is InChI=1S/C15H17F3N2O2/c1-2-19(11-7-4-3-5-8-11)13(21)12-9-6-10-20(12)14(22)15(16,17)18/h3-5,7-8,12H,2,6,9-10H2,1H3. The molecule has 0 aliphatic carbocycles. The van der Waals surface area contributed by atoms with E-state index in [2.05, 4.69) is 0 Å². The van der Waals surface area contributed by atoms with Crippen LogP contribution in [0.5, 0.6) is 0 Å². The monoisotopic (exact) mass is 314 g/mol. The van der Waals surface area contributed by atoms with Gasteiger partial charge in [0, 0.05) is 18.8 Å². The van der Waals surface area contributed by atoms with Gasteiger partial charge in [-0.1, -0.05) is 18.2 Å². The molecule has 120 valence electrons. The van der Waals surface area contributed by atoms with Crippen LogP contribution >= 0.6 is 0 Å². The van der Waals surface area contributed by atoms with E-state index >= 15 is 0 Å². The van der Waals surface area contributed by atoms with Crippen LogP contribution in [0, 0.1) is 0 Å². The van der Waals surface area contributed by atoms with Gasteiger partial charge in [-0.05, 0) is 31.9 Å². The van der Waals surface area contributed by atoms with Gasteiger partial charge in [-0.2, -0.15) is 13.2 Å². The molecule has 1 heterocycles. The largest absolute Gasteiger partial charge is 0.471 e. The van der Waals surface area contributed by atoms with E-state index in [9.17, 15) is 22.8 Å². The second-order valence-corrected chi connectivity index (χ2v) is 5.07. The molecule has 1 aliphatic heterocycles. The fourth-order valence-corrected chi connectivity index (χ4v) is 2.68. The van der Waals surface area contributed by atoms with Gasteiger partial charge in [-0.15, -0.1) is 0 Å². The van der Waals surface area contributed by atoms with Crippen molar-refractivity contribution in [2.24, 2.45) is 0 Å². The molecule has 0 bridgehead atoms. The quantitative estimate of drug-likeness (QED) is 0.860. The lowest BCUT2D eigenvalue weighted by molar-refractivity contribution is -0.186. The minimum atomic E-state index is -4.95. The number of anilines is 1. The predicted octanol–water partition coefficient (Wildman–Crippen LogP) is 2.59. The van der Waals surface area contributed by atoms with Crippen LogP contribution in [-0.2, 0) is 9.59 Å². The molecule has 7 heteroatoms. The van der Waals surface area contributed by atoms with Crippen molar-refractivity contribution in [2.75, 3.05) is 18.0 Å². The molecule has 0 saturated carbocycles. The number of halogens is 3. The van der Waals surface area contributed by atoms with Crippen LogP contribution < -0.4 is 4.90 Å². The molecule has 1 fully saturated rings. The van der Waals surface area contributed by atoms with Crippen molar-refractivity contribution in [3.05, 3.63) is 30.3 Å². The zero-order chi connectivity index (χ0) is 16.3. The number of benzene rings is 1. The van der Waals surface area contributed by atoms with Gasteiger partial charge in [0.1, 0.15) is 6.04 Å². The van der Waals surface area contributed by atoms with E-state index in [0.717, 1.165) is 0 Å². The molecule has 2 rings (SSSR count). The highest BCUT2D eigenvalue weighted by molar-refractivity contribution is 6.00. The van der Waals surface area contributed by atoms with Crippen molar-refractivity contribution in [1.29, 1.82) is 0 Å². The van der Waals surface area contributed by atoms with E-state index in [1.165, 1.54) is 4.90 Å². The summed E-state index contributed by atoms with van der Waals surface area (Å²) in [6.07, 6.45) is -4.30. The lowest BCUT2D eigenvalue weighted by Gasteiger charge is -2.30. The van der Waals surface area contributed by atoms with Crippen LogP contribution in [0.15, 0.2) is 30.3 Å². The summed E-state index contributed by atoms with van der Waals surface area (Å²) < 4.78 is 37.9. The van der Waals surface area contributed by atoms with E-state index in [1.54, 1.807) is 37.3 Å². The summed E-state index contributed by atoms with van der Waals surface area (Å²) in [5, 5.41) is 0. The van der Waals surface area contributed by atoms with Gasteiger partial charge >= 0.3 is 12.1 Å². The van der Waals surface area contributed by atoms with E-state index in [1.807, 2.05) is 0 Å². The number of carbonyl (C=O) groups is 2. The summed E-state index contributed by atoms with van der Waals surface area (Å²) >= 11 is 0. The molecule has 4 nitrogen and oxygen atoms in total. The van der Waals surface area contributed by atoms with Crippen molar-refractivity contribution in [1.82, 2.24) is 4.90 Å². The average Bonchev–Trinajstić information content (AvgIpc) is 2.96. The number of para-hydroxylation sites is 1. The molecule has 1 aromatic rings. The van der Waals surface area contributed by atoms with Crippen molar-refractivity contribution in [3.8, 4) is 0 Å². The minimum Gasteiger partial charge on any atom is -0.323 e. The fourth-order valence-electron chi connectivity index (χ4n) is 2.68. The first-order valence-corrected chi connectivity index (χ1v) is 7.10. The summed E-state index contributed by atoms with van der Waals surface area (Å²) in [6, 6.07) is 7.67. The normalized spacial score (nSPS) is 18.4. The minimum absolute atomic E-state index is 0.0406. The molecule has 1 unspecified atom stereocenters. The highest BCUT2D eigenvalue weighted by atomic mass is 19.4. The second-order valence-electron chi connectivity index (χ2n) is 5.07. The smallest absolute Gasteiger partial charge is 0.323 e. The number of rotatable bonds is 3. The maximum Gasteiger partial charge on any atom is 0.471 e. The zero-order valence-corrected chi connectivity index (χ0v) is 12.1. The van der Waals surface area contributed by atoms with Gasteiger partial charge in [0.2, 0.25) is 5.91 Å². The number of likely N-dealkylation sites (tertiary alicyclic amines) is 1. The SMILES string of the molecule is CCN(C(=O)C1CCCN1C(=O)C(F)(F)F)c1ccccc1. The molecular weight excluding hydrogens is 297 g/mol. The van der Waals surface area contributed by atoms with E-state index in [4.69, 9.17) is 0 Å². The lowest BCUT2D eigenvalue weighted by Crippen LogP contribution is -2.51. The van der Waals surface area contributed by atoms with Crippen LogP contribution in [0.2, 0.25) is 0 Å². The second kappa shape index (κ2) is 6.37. The van der Waals surface area contributed by atoms with Crippen LogP contribution in [0.4, 0.5) is 18.9 Å². The molecule has 0 aromatic heterocycles. The summed E-state index contributed by atoms with van der Waals surface area (Å²) in [5.74, 6) is -2.41. The van der Waals surface area contributed by atoms with Gasteiger partial charge < -0.3 is 9.80 Å². The topological polar surface area (TPSA) is 40.6 Å². The maximum atomic E-state index is 12.6. The highest BCUT2D eigenvalue weighted by Crippen LogP contribution is 2.27. The molecule has 22 heavy (non-hydrogen) atoms. The molecule has 0 spiro atoms. The van der Waals surface area contributed by atoms with Crippen molar-refractivity contribution >= 4 is 17.5 Å². The zero-order valence-electron chi connectivity index (χ0n) is 12.1. The summed E-state index contributed by atoms with van der Waals surface area (Å²) in [4.78, 5) is 26.1. The fraction of sp³-hybridized carbons (Fsp3) is 0.467. The van der Waals surface area contributed by atoms with E-state index in [-0.39, 0.29) is 13.0 Å². The Balaban J connectivity index is 2.22. The Morgan fingerprint density at radius 1 is 1.27 bits per heavy atom. The Bertz CT molecular complexity index is 545. The first kappa shape index (κ1) is 16.3. The van der Waals surface area contributed by atoms with Crippen LogP contribution in [0.3, 0.4) is 0 Å². The number of alkyl halides is 3. The van der Waals surface area contributed by atoms with Gasteiger partial charge in [-0.3, -0.25) is 9.59 Å². The number of carbonyl (C=O) groups excluding carboxylic acids is 2. The van der Waals surface area contributed by atoms with Crippen LogP contribution in [0.25, 0.3) is 0 Å². The lowest BCUT2D eigenvalue weighted by atomic mass is 10.1. The molecule has 0 radical (unpaired) electrons. The maximum absolute atomic E-state index is 12.6. The predicted molar refractivity (Wildman–Crippen MR) is 75.3 cm³/mol. The third kappa shape index (κ3) is 3.23. The third-order valence-electron chi connectivity index (χ3n) is 3.69. The molecule has 1 atom stereocenters. The van der Waals surface area contributed by atoms with Crippen LogP contribution in [0.1, 0.15) is 19.8 Å². The van der Waals surface area contributed by atoms with Crippen molar-refractivity contribution in [2.45, 2.75) is 32.0 Å². The number of hydrogen-bond acceptors (Lipinski definition) is 2. The Kier molecular flexibility index (Phi) is 4.73. The van der Waals surface area contributed by atoms with Gasteiger partial charge in [0.25, 0.3) is 0 Å². The molecule has 0 N–H and O–H groups in total. The number of hydrogen-bond donors (Lipinski definition) is 0. The number of nitrogens with zero attached hydrogens (tertiary/aromatic N) is 2.